The number of nitrogens with zero attached hydrogens (tertiary/aromatic N) is 2. The van der Waals surface area contributed by atoms with Crippen molar-refractivity contribution in [3.63, 3.8) is 0 Å². The molecule has 7 heteroatoms. The van der Waals surface area contributed by atoms with Crippen LogP contribution >= 0.6 is 0 Å². The second kappa shape index (κ2) is 6.79. The minimum Gasteiger partial charge on any atom is -0.324 e. The van der Waals surface area contributed by atoms with Crippen LogP contribution in [-0.4, -0.2) is 17.6 Å². The van der Waals surface area contributed by atoms with Crippen LogP contribution in [0.3, 0.4) is 0 Å². The Bertz CT molecular complexity index is 1230. The summed E-state index contributed by atoms with van der Waals surface area (Å²) in [6, 6.07) is 11.6. The van der Waals surface area contributed by atoms with Gasteiger partial charge in [0.1, 0.15) is 18.3 Å². The fraction of sp³-hybridized carbons (Fsp3) is 0.217. The van der Waals surface area contributed by atoms with Gasteiger partial charge in [-0.25, -0.2) is 8.78 Å². The summed E-state index contributed by atoms with van der Waals surface area (Å²) in [5, 5.41) is 0. The van der Waals surface area contributed by atoms with Gasteiger partial charge in [-0.15, -0.1) is 0 Å². The highest BCUT2D eigenvalue weighted by atomic mass is 19.1. The van der Waals surface area contributed by atoms with Crippen molar-refractivity contribution in [2.75, 3.05) is 16.5 Å². The molecule has 0 saturated heterocycles. The van der Waals surface area contributed by atoms with Gasteiger partial charge in [-0.05, 0) is 73.7 Å². The number of aromatic amines is 1. The molecule has 2 aromatic carbocycles. The third-order valence-corrected chi connectivity index (χ3v) is 5.68. The van der Waals surface area contributed by atoms with E-state index >= 15 is 0 Å². The Kier molecular flexibility index (Phi) is 4.20. The number of halogens is 2. The molecular formula is C23H19F2N3O2. The molecule has 3 aromatic rings. The number of anilines is 3. The molecule has 2 aliphatic rings. The van der Waals surface area contributed by atoms with Crippen molar-refractivity contribution >= 4 is 23.0 Å². The first-order valence-corrected chi connectivity index (χ1v) is 9.81. The van der Waals surface area contributed by atoms with E-state index in [1.54, 1.807) is 24.0 Å². The predicted octanol–water partition coefficient (Wildman–Crippen LogP) is 4.59. The molecule has 2 heterocycles. The zero-order valence-electron chi connectivity index (χ0n) is 16.3. The topological polar surface area (TPSA) is 56.4 Å². The molecular weight excluding hydrogens is 388 g/mol. The molecule has 1 aromatic heterocycles. The van der Waals surface area contributed by atoms with Crippen LogP contribution in [0.5, 0.6) is 0 Å². The van der Waals surface area contributed by atoms with E-state index in [-0.39, 0.29) is 29.9 Å². The van der Waals surface area contributed by atoms with Gasteiger partial charge in [-0.2, -0.15) is 0 Å². The summed E-state index contributed by atoms with van der Waals surface area (Å²) >= 11 is 0. The number of hydrogen-bond acceptors (Lipinski definition) is 3. The number of aryl methyl sites for hydroxylation is 1. The second-order valence-electron chi connectivity index (χ2n) is 7.77. The second-order valence-corrected chi connectivity index (χ2v) is 7.77. The van der Waals surface area contributed by atoms with Crippen molar-refractivity contribution < 1.29 is 13.6 Å². The number of fused-ring (bicyclic) bond motifs is 1. The molecule has 5 rings (SSSR count). The van der Waals surface area contributed by atoms with Gasteiger partial charge in [0.2, 0.25) is 5.56 Å². The number of amides is 1. The average molecular weight is 407 g/mol. The van der Waals surface area contributed by atoms with Crippen LogP contribution in [0.1, 0.15) is 40.4 Å². The van der Waals surface area contributed by atoms with Crippen LogP contribution in [0.4, 0.5) is 25.8 Å². The minimum atomic E-state index is -0.449. The highest BCUT2D eigenvalue weighted by Gasteiger charge is 2.35. The lowest BCUT2D eigenvalue weighted by Gasteiger charge is -2.39. The highest BCUT2D eigenvalue weighted by molar-refractivity contribution is 6.12. The van der Waals surface area contributed by atoms with Gasteiger partial charge in [0.05, 0.1) is 16.9 Å². The first-order valence-electron chi connectivity index (χ1n) is 9.81. The van der Waals surface area contributed by atoms with Gasteiger partial charge in [0.15, 0.2) is 0 Å². The fourth-order valence-corrected chi connectivity index (χ4v) is 4.08. The molecule has 1 aliphatic carbocycles. The standard InChI is InChI=1S/C23H19F2N3O2/c1-13-19(8-9-22(29)26-13)28-12-27(21-11-16(25)4-6-17(21)23(28)30)20-7-5-15(24)10-18(20)14-2-3-14/h4-11,14H,2-3,12H2,1H3,(H,26,29). The van der Waals surface area contributed by atoms with Gasteiger partial charge in [-0.1, -0.05) is 0 Å². The summed E-state index contributed by atoms with van der Waals surface area (Å²) in [7, 11) is 0. The van der Waals surface area contributed by atoms with Crippen LogP contribution in [0.15, 0.2) is 53.3 Å². The number of aromatic nitrogens is 1. The van der Waals surface area contributed by atoms with Crippen LogP contribution in [0.2, 0.25) is 0 Å². The Balaban J connectivity index is 1.69. The van der Waals surface area contributed by atoms with Crippen LogP contribution < -0.4 is 15.4 Å². The smallest absolute Gasteiger partial charge is 0.261 e. The molecule has 0 atom stereocenters. The number of rotatable bonds is 3. The summed E-state index contributed by atoms with van der Waals surface area (Å²) in [6.07, 6.45) is 1.95. The number of carbonyl (C=O) groups excluding carboxylic acids is 1. The Morgan fingerprint density at radius 1 is 0.867 bits per heavy atom. The number of H-pyrrole nitrogens is 1. The van der Waals surface area contributed by atoms with Crippen molar-refractivity contribution in [3.05, 3.63) is 87.3 Å². The van der Waals surface area contributed by atoms with E-state index in [0.717, 1.165) is 24.1 Å². The van der Waals surface area contributed by atoms with Crippen molar-refractivity contribution in [2.24, 2.45) is 0 Å². The average Bonchev–Trinajstić information content (AvgIpc) is 3.54. The van der Waals surface area contributed by atoms with Gasteiger partial charge in [0.25, 0.3) is 5.91 Å². The number of benzene rings is 2. The monoisotopic (exact) mass is 407 g/mol. The van der Waals surface area contributed by atoms with E-state index < -0.39 is 5.82 Å². The summed E-state index contributed by atoms with van der Waals surface area (Å²) in [5.41, 5.74) is 3.28. The molecule has 0 radical (unpaired) electrons. The van der Waals surface area contributed by atoms with Crippen molar-refractivity contribution in [1.82, 2.24) is 4.98 Å². The Morgan fingerprint density at radius 2 is 1.57 bits per heavy atom. The van der Waals surface area contributed by atoms with Gasteiger partial charge in [0, 0.05) is 17.4 Å². The number of nitrogens with one attached hydrogen (secondary N) is 1. The molecule has 152 valence electrons. The van der Waals surface area contributed by atoms with Crippen LogP contribution in [-0.2, 0) is 0 Å². The van der Waals surface area contributed by atoms with Crippen molar-refractivity contribution in [1.29, 1.82) is 0 Å². The van der Waals surface area contributed by atoms with Crippen molar-refractivity contribution in [2.45, 2.75) is 25.7 Å². The molecule has 1 fully saturated rings. The number of hydrogen-bond donors (Lipinski definition) is 1. The van der Waals surface area contributed by atoms with Gasteiger partial charge >= 0.3 is 0 Å². The third-order valence-electron chi connectivity index (χ3n) is 5.68. The van der Waals surface area contributed by atoms with Crippen LogP contribution in [0.25, 0.3) is 0 Å². The largest absolute Gasteiger partial charge is 0.324 e. The lowest BCUT2D eigenvalue weighted by molar-refractivity contribution is 0.0983. The van der Waals surface area contributed by atoms with E-state index in [9.17, 15) is 18.4 Å². The molecule has 0 bridgehead atoms. The SMILES string of the molecule is Cc1[nH]c(=O)ccc1N1CN(c2ccc(F)cc2C2CC2)c2cc(F)ccc2C1=O. The fourth-order valence-electron chi connectivity index (χ4n) is 4.08. The molecule has 30 heavy (non-hydrogen) atoms. The Morgan fingerprint density at radius 3 is 2.30 bits per heavy atom. The summed E-state index contributed by atoms with van der Waals surface area (Å²) in [4.78, 5) is 31.0. The first kappa shape index (κ1) is 18.5. The van der Waals surface area contributed by atoms with Crippen molar-refractivity contribution in [3.8, 4) is 0 Å². The lowest BCUT2D eigenvalue weighted by atomic mass is 10.0. The molecule has 1 N–H and O–H groups in total. The number of carbonyl (C=O) groups is 1. The predicted molar refractivity (Wildman–Crippen MR) is 110 cm³/mol. The minimum absolute atomic E-state index is 0.119. The molecule has 0 spiro atoms. The Labute approximate surface area is 171 Å². The quantitative estimate of drug-likeness (QED) is 0.691. The maximum Gasteiger partial charge on any atom is 0.261 e. The van der Waals surface area contributed by atoms with E-state index in [2.05, 4.69) is 4.98 Å². The molecule has 0 unspecified atom stereocenters. The molecule has 1 amide bonds. The molecule has 1 saturated carbocycles. The van der Waals surface area contributed by atoms with E-state index in [4.69, 9.17) is 0 Å². The maximum absolute atomic E-state index is 14.1. The normalized spacial score (nSPS) is 16.0. The zero-order valence-corrected chi connectivity index (χ0v) is 16.3. The zero-order chi connectivity index (χ0) is 21.0. The first-order chi connectivity index (χ1) is 14.4. The highest BCUT2D eigenvalue weighted by Crippen LogP contribution is 2.47. The van der Waals surface area contributed by atoms with E-state index in [1.165, 1.54) is 36.4 Å². The molecule has 5 nitrogen and oxygen atoms in total. The third kappa shape index (κ3) is 3.07. The Hall–Kier alpha value is -3.48. The number of pyridine rings is 1. The summed E-state index contributed by atoms with van der Waals surface area (Å²) < 4.78 is 28.1. The van der Waals surface area contributed by atoms with Gasteiger partial charge in [-0.3, -0.25) is 14.5 Å². The van der Waals surface area contributed by atoms with Crippen LogP contribution in [0, 0.1) is 18.6 Å². The lowest BCUT2D eigenvalue weighted by Crippen LogP contribution is -2.45. The van der Waals surface area contributed by atoms with Gasteiger partial charge < -0.3 is 9.88 Å². The summed E-state index contributed by atoms with van der Waals surface area (Å²) in [5.74, 6) is -0.795. The summed E-state index contributed by atoms with van der Waals surface area (Å²) in [6.45, 7) is 1.84. The maximum atomic E-state index is 14.1. The van der Waals surface area contributed by atoms with E-state index in [0.29, 0.717) is 22.6 Å². The molecule has 1 aliphatic heterocycles. The van der Waals surface area contributed by atoms with E-state index in [1.807, 2.05) is 4.90 Å².